The average Bonchev–Trinajstić information content (AvgIpc) is 3.00. The number of fused-ring (bicyclic) bond motifs is 1. The Hall–Kier alpha value is -2.27. The molecule has 0 saturated heterocycles. The molecule has 0 aliphatic carbocycles. The summed E-state index contributed by atoms with van der Waals surface area (Å²) in [6.45, 7) is 0. The van der Waals surface area contributed by atoms with Crippen LogP contribution >= 0.6 is 11.3 Å². The van der Waals surface area contributed by atoms with E-state index in [4.69, 9.17) is 9.84 Å². The van der Waals surface area contributed by atoms with E-state index in [0.29, 0.717) is 0 Å². The van der Waals surface area contributed by atoms with Crippen molar-refractivity contribution >= 4 is 27.4 Å². The standard InChI is InChI=1S/C15H13NO3S/c1-16-11(5-6-12(16)15(17)18)14-7-9-3-4-10(19-2)8-13(9)20-14/h3-8H,1-2H3,(H,17,18). The number of hydrogen-bond acceptors (Lipinski definition) is 3. The minimum Gasteiger partial charge on any atom is -0.497 e. The molecule has 1 aromatic carbocycles. The van der Waals surface area contributed by atoms with E-state index in [1.54, 1.807) is 36.1 Å². The molecule has 0 bridgehead atoms. The molecule has 102 valence electrons. The van der Waals surface area contributed by atoms with Crippen molar-refractivity contribution < 1.29 is 14.6 Å². The molecular formula is C15H13NO3S. The number of carbonyl (C=O) groups is 1. The number of aromatic carboxylic acids is 1. The van der Waals surface area contributed by atoms with Crippen LogP contribution in [0.15, 0.2) is 36.4 Å². The number of aromatic nitrogens is 1. The van der Waals surface area contributed by atoms with Crippen LogP contribution in [0.4, 0.5) is 0 Å². The van der Waals surface area contributed by atoms with Gasteiger partial charge in [-0.05, 0) is 41.8 Å². The Balaban J connectivity index is 2.12. The molecule has 5 heteroatoms. The number of hydrogen-bond donors (Lipinski definition) is 1. The highest BCUT2D eigenvalue weighted by Gasteiger charge is 2.14. The van der Waals surface area contributed by atoms with Gasteiger partial charge in [0, 0.05) is 11.7 Å². The van der Waals surface area contributed by atoms with Crippen molar-refractivity contribution in [1.82, 2.24) is 4.57 Å². The van der Waals surface area contributed by atoms with Gasteiger partial charge in [-0.2, -0.15) is 0 Å². The molecule has 3 aromatic rings. The Bertz CT molecular complexity index is 801. The van der Waals surface area contributed by atoms with Crippen molar-refractivity contribution in [2.45, 2.75) is 0 Å². The summed E-state index contributed by atoms with van der Waals surface area (Å²) >= 11 is 1.63. The van der Waals surface area contributed by atoms with Crippen LogP contribution in [0.5, 0.6) is 5.75 Å². The summed E-state index contributed by atoms with van der Waals surface area (Å²) in [6, 6.07) is 11.5. The summed E-state index contributed by atoms with van der Waals surface area (Å²) in [4.78, 5) is 12.1. The van der Waals surface area contributed by atoms with E-state index in [-0.39, 0.29) is 5.69 Å². The minimum atomic E-state index is -0.915. The minimum absolute atomic E-state index is 0.287. The van der Waals surface area contributed by atoms with Gasteiger partial charge < -0.3 is 14.4 Å². The topological polar surface area (TPSA) is 51.5 Å². The normalized spacial score (nSPS) is 10.9. The fourth-order valence-electron chi connectivity index (χ4n) is 2.24. The average molecular weight is 287 g/mol. The lowest BCUT2D eigenvalue weighted by Crippen LogP contribution is -2.04. The van der Waals surface area contributed by atoms with Crippen LogP contribution in [0, 0.1) is 0 Å². The number of carboxylic acids is 1. The van der Waals surface area contributed by atoms with Crippen molar-refractivity contribution in [1.29, 1.82) is 0 Å². The first-order chi connectivity index (χ1) is 9.60. The molecule has 0 amide bonds. The first kappa shape index (κ1) is 12.7. The summed E-state index contributed by atoms with van der Waals surface area (Å²) in [5.41, 5.74) is 1.19. The summed E-state index contributed by atoms with van der Waals surface area (Å²) in [5, 5.41) is 10.2. The second kappa shape index (κ2) is 4.68. The molecule has 4 nitrogen and oxygen atoms in total. The third kappa shape index (κ3) is 1.96. The van der Waals surface area contributed by atoms with Crippen molar-refractivity contribution in [3.05, 3.63) is 42.1 Å². The van der Waals surface area contributed by atoms with E-state index in [1.807, 2.05) is 24.3 Å². The smallest absolute Gasteiger partial charge is 0.352 e. The first-order valence-corrected chi connectivity index (χ1v) is 6.89. The fourth-order valence-corrected chi connectivity index (χ4v) is 3.39. The molecule has 0 radical (unpaired) electrons. The largest absolute Gasteiger partial charge is 0.497 e. The van der Waals surface area contributed by atoms with Gasteiger partial charge in [0.2, 0.25) is 0 Å². The van der Waals surface area contributed by atoms with Gasteiger partial charge in [-0.1, -0.05) is 0 Å². The maximum atomic E-state index is 11.1. The molecule has 2 aromatic heterocycles. The predicted molar refractivity (Wildman–Crippen MR) is 79.7 cm³/mol. The molecule has 0 spiro atoms. The van der Waals surface area contributed by atoms with E-state index in [9.17, 15) is 4.79 Å². The number of benzene rings is 1. The number of nitrogens with zero attached hydrogens (tertiary/aromatic N) is 1. The molecule has 1 N–H and O–H groups in total. The summed E-state index contributed by atoms with van der Waals surface area (Å²) < 4.78 is 8.04. The monoisotopic (exact) mass is 287 g/mol. The molecular weight excluding hydrogens is 274 g/mol. The van der Waals surface area contributed by atoms with Gasteiger partial charge >= 0.3 is 5.97 Å². The highest BCUT2D eigenvalue weighted by atomic mass is 32.1. The lowest BCUT2D eigenvalue weighted by molar-refractivity contribution is 0.0687. The Morgan fingerprint density at radius 2 is 2.05 bits per heavy atom. The summed E-state index contributed by atoms with van der Waals surface area (Å²) in [7, 11) is 3.41. The van der Waals surface area contributed by atoms with Crippen LogP contribution < -0.4 is 4.74 Å². The SMILES string of the molecule is COc1ccc2cc(-c3ccc(C(=O)O)n3C)sc2c1. The first-order valence-electron chi connectivity index (χ1n) is 6.07. The molecule has 0 aliphatic rings. The van der Waals surface area contributed by atoms with E-state index < -0.39 is 5.97 Å². The van der Waals surface area contributed by atoms with Gasteiger partial charge in [0.05, 0.1) is 17.7 Å². The van der Waals surface area contributed by atoms with Crippen LogP contribution in [0.2, 0.25) is 0 Å². The number of methoxy groups -OCH3 is 1. The molecule has 3 rings (SSSR count). The number of thiophene rings is 1. The predicted octanol–water partition coefficient (Wildman–Crippen LogP) is 3.61. The lowest BCUT2D eigenvalue weighted by Gasteiger charge is -2.02. The van der Waals surface area contributed by atoms with Crippen molar-refractivity contribution in [2.24, 2.45) is 7.05 Å². The van der Waals surface area contributed by atoms with Gasteiger partial charge in [0.25, 0.3) is 0 Å². The molecule has 20 heavy (non-hydrogen) atoms. The fraction of sp³-hybridized carbons (Fsp3) is 0.133. The van der Waals surface area contributed by atoms with Gasteiger partial charge in [0.15, 0.2) is 0 Å². The quantitative estimate of drug-likeness (QED) is 0.800. The van der Waals surface area contributed by atoms with Crippen LogP contribution in [0.25, 0.3) is 20.7 Å². The Kier molecular flexibility index (Phi) is 2.99. The Morgan fingerprint density at radius 1 is 1.25 bits per heavy atom. The maximum absolute atomic E-state index is 11.1. The van der Waals surface area contributed by atoms with Crippen LogP contribution in [-0.2, 0) is 7.05 Å². The molecule has 0 unspecified atom stereocenters. The zero-order chi connectivity index (χ0) is 14.3. The van der Waals surface area contributed by atoms with Gasteiger partial charge in [0.1, 0.15) is 11.4 Å². The van der Waals surface area contributed by atoms with Crippen LogP contribution in [0.1, 0.15) is 10.5 Å². The van der Waals surface area contributed by atoms with E-state index in [2.05, 4.69) is 6.07 Å². The van der Waals surface area contributed by atoms with Gasteiger partial charge in [-0.15, -0.1) is 11.3 Å². The Morgan fingerprint density at radius 3 is 2.70 bits per heavy atom. The van der Waals surface area contributed by atoms with Crippen molar-refractivity contribution in [3.8, 4) is 16.3 Å². The number of rotatable bonds is 3. The second-order valence-electron chi connectivity index (χ2n) is 4.48. The number of ether oxygens (including phenoxy) is 1. The van der Waals surface area contributed by atoms with Crippen LogP contribution in [-0.4, -0.2) is 22.8 Å². The number of carboxylic acid groups (broad SMARTS) is 1. The van der Waals surface area contributed by atoms with E-state index in [1.165, 1.54) is 0 Å². The van der Waals surface area contributed by atoms with E-state index in [0.717, 1.165) is 26.4 Å². The lowest BCUT2D eigenvalue weighted by atomic mass is 10.2. The third-order valence-corrected chi connectivity index (χ3v) is 4.44. The zero-order valence-electron chi connectivity index (χ0n) is 11.1. The molecule has 0 fully saturated rings. The van der Waals surface area contributed by atoms with Gasteiger partial charge in [-0.3, -0.25) is 0 Å². The summed E-state index contributed by atoms with van der Waals surface area (Å²) in [5.74, 6) is -0.0921. The van der Waals surface area contributed by atoms with E-state index >= 15 is 0 Å². The third-order valence-electron chi connectivity index (χ3n) is 3.32. The molecule has 2 heterocycles. The molecule has 0 saturated carbocycles. The summed E-state index contributed by atoms with van der Waals surface area (Å²) in [6.07, 6.45) is 0. The molecule has 0 aliphatic heterocycles. The Labute approximate surface area is 119 Å². The van der Waals surface area contributed by atoms with Crippen molar-refractivity contribution in [2.75, 3.05) is 7.11 Å². The second-order valence-corrected chi connectivity index (χ2v) is 5.57. The zero-order valence-corrected chi connectivity index (χ0v) is 11.9. The molecule has 0 atom stereocenters. The highest BCUT2D eigenvalue weighted by Crippen LogP contribution is 2.35. The van der Waals surface area contributed by atoms with Crippen LogP contribution in [0.3, 0.4) is 0 Å². The van der Waals surface area contributed by atoms with Gasteiger partial charge in [-0.25, -0.2) is 4.79 Å². The van der Waals surface area contributed by atoms with Crippen molar-refractivity contribution in [3.63, 3.8) is 0 Å². The highest BCUT2D eigenvalue weighted by molar-refractivity contribution is 7.22. The maximum Gasteiger partial charge on any atom is 0.352 e.